The first-order valence-corrected chi connectivity index (χ1v) is 7.91. The fourth-order valence-corrected chi connectivity index (χ4v) is 3.08. The number of anilines is 2. The smallest absolute Gasteiger partial charge is 0.314 e. The van der Waals surface area contributed by atoms with Gasteiger partial charge in [0.05, 0.1) is 11.8 Å². The molecular weight excluding hydrogens is 306 g/mol. The van der Waals surface area contributed by atoms with Crippen LogP contribution in [0.15, 0.2) is 48.5 Å². The van der Waals surface area contributed by atoms with E-state index in [9.17, 15) is 14.7 Å². The van der Waals surface area contributed by atoms with Gasteiger partial charge < -0.3 is 15.5 Å². The van der Waals surface area contributed by atoms with Crippen LogP contribution in [0.25, 0.3) is 0 Å². The van der Waals surface area contributed by atoms with Gasteiger partial charge in [0.1, 0.15) is 0 Å². The molecule has 0 aromatic heterocycles. The Kier molecular flexibility index (Phi) is 4.25. The molecule has 0 unspecified atom stereocenters. The standard InChI is InChI=1S/C19H19NO4/c21-17(22)12-13-2-6-15(7-3-13)20-16-8-4-14(5-9-16)19(18(23)24)10-1-11-19/h2-9,20H,1,10-12H2,(H,21,22)(H,23,24). The summed E-state index contributed by atoms with van der Waals surface area (Å²) in [6.45, 7) is 0. The number of hydrogen-bond donors (Lipinski definition) is 3. The molecule has 0 aliphatic heterocycles. The van der Waals surface area contributed by atoms with Gasteiger partial charge in [-0.3, -0.25) is 9.59 Å². The maximum Gasteiger partial charge on any atom is 0.314 e. The van der Waals surface area contributed by atoms with Crippen LogP contribution in [0.5, 0.6) is 0 Å². The SMILES string of the molecule is O=C(O)Cc1ccc(Nc2ccc(C3(C(=O)O)CCC3)cc2)cc1. The molecule has 0 radical (unpaired) electrons. The van der Waals surface area contributed by atoms with Gasteiger partial charge in [-0.25, -0.2) is 0 Å². The minimum atomic E-state index is -0.852. The second-order valence-electron chi connectivity index (χ2n) is 6.21. The lowest BCUT2D eigenvalue weighted by atomic mass is 9.64. The molecule has 0 bridgehead atoms. The van der Waals surface area contributed by atoms with Crippen molar-refractivity contribution in [2.75, 3.05) is 5.32 Å². The number of benzene rings is 2. The molecule has 0 heterocycles. The lowest BCUT2D eigenvalue weighted by Gasteiger charge is -2.38. The molecular formula is C19H19NO4. The van der Waals surface area contributed by atoms with Crippen molar-refractivity contribution in [2.24, 2.45) is 0 Å². The van der Waals surface area contributed by atoms with E-state index in [1.54, 1.807) is 12.1 Å². The molecule has 124 valence electrons. The van der Waals surface area contributed by atoms with E-state index in [2.05, 4.69) is 5.32 Å². The molecule has 1 aliphatic rings. The minimum Gasteiger partial charge on any atom is -0.481 e. The maximum atomic E-state index is 11.5. The molecule has 24 heavy (non-hydrogen) atoms. The number of nitrogens with one attached hydrogen (secondary N) is 1. The molecule has 1 aliphatic carbocycles. The molecule has 0 spiro atoms. The first-order chi connectivity index (χ1) is 11.5. The van der Waals surface area contributed by atoms with Crippen LogP contribution < -0.4 is 5.32 Å². The van der Waals surface area contributed by atoms with Gasteiger partial charge in [-0.2, -0.15) is 0 Å². The zero-order valence-electron chi connectivity index (χ0n) is 13.2. The van der Waals surface area contributed by atoms with E-state index in [4.69, 9.17) is 5.11 Å². The summed E-state index contributed by atoms with van der Waals surface area (Å²) in [4.78, 5) is 22.2. The lowest BCUT2D eigenvalue weighted by Crippen LogP contribution is -2.42. The second-order valence-corrected chi connectivity index (χ2v) is 6.21. The van der Waals surface area contributed by atoms with Gasteiger partial charge in [0.2, 0.25) is 0 Å². The fourth-order valence-electron chi connectivity index (χ4n) is 3.08. The fraction of sp³-hybridized carbons (Fsp3) is 0.263. The third kappa shape index (κ3) is 3.11. The van der Waals surface area contributed by atoms with Gasteiger partial charge >= 0.3 is 11.9 Å². The number of rotatable bonds is 6. The summed E-state index contributed by atoms with van der Waals surface area (Å²) in [5, 5.41) is 21.5. The monoisotopic (exact) mass is 325 g/mol. The Hall–Kier alpha value is -2.82. The Morgan fingerprint density at radius 1 is 0.917 bits per heavy atom. The summed E-state index contributed by atoms with van der Waals surface area (Å²) < 4.78 is 0. The van der Waals surface area contributed by atoms with Crippen LogP contribution in [-0.2, 0) is 21.4 Å². The van der Waals surface area contributed by atoms with Crippen LogP contribution in [0.3, 0.4) is 0 Å². The van der Waals surface area contributed by atoms with Crippen LogP contribution in [0.1, 0.15) is 30.4 Å². The highest BCUT2D eigenvalue weighted by Gasteiger charge is 2.45. The Balaban J connectivity index is 1.70. The number of aliphatic carboxylic acids is 2. The average molecular weight is 325 g/mol. The Labute approximate surface area is 139 Å². The normalized spacial score (nSPS) is 15.3. The van der Waals surface area contributed by atoms with Gasteiger partial charge in [0, 0.05) is 11.4 Å². The Morgan fingerprint density at radius 3 is 1.88 bits per heavy atom. The van der Waals surface area contributed by atoms with Crippen molar-refractivity contribution in [3.05, 3.63) is 59.7 Å². The van der Waals surface area contributed by atoms with Crippen molar-refractivity contribution in [3.63, 3.8) is 0 Å². The largest absolute Gasteiger partial charge is 0.481 e. The van der Waals surface area contributed by atoms with E-state index >= 15 is 0 Å². The number of carboxylic acid groups (broad SMARTS) is 2. The molecule has 1 fully saturated rings. The summed E-state index contributed by atoms with van der Waals surface area (Å²) >= 11 is 0. The van der Waals surface area contributed by atoms with Gasteiger partial charge in [0.25, 0.3) is 0 Å². The lowest BCUT2D eigenvalue weighted by molar-refractivity contribution is -0.147. The highest BCUT2D eigenvalue weighted by atomic mass is 16.4. The average Bonchev–Trinajstić information content (AvgIpc) is 2.49. The molecule has 1 saturated carbocycles. The maximum absolute atomic E-state index is 11.5. The molecule has 2 aromatic rings. The van der Waals surface area contributed by atoms with E-state index in [0.29, 0.717) is 12.8 Å². The van der Waals surface area contributed by atoms with Crippen LogP contribution in [0.4, 0.5) is 11.4 Å². The summed E-state index contributed by atoms with van der Waals surface area (Å²) in [5.74, 6) is -1.60. The van der Waals surface area contributed by atoms with Crippen molar-refractivity contribution in [1.82, 2.24) is 0 Å². The molecule has 5 heteroatoms. The number of hydrogen-bond acceptors (Lipinski definition) is 3. The summed E-state index contributed by atoms with van der Waals surface area (Å²) in [6.07, 6.45) is 2.35. The van der Waals surface area contributed by atoms with Crippen molar-refractivity contribution < 1.29 is 19.8 Å². The molecule has 0 saturated heterocycles. The Morgan fingerprint density at radius 2 is 1.46 bits per heavy atom. The summed E-state index contributed by atoms with van der Waals surface area (Å²) in [7, 11) is 0. The van der Waals surface area contributed by atoms with Crippen molar-refractivity contribution >= 4 is 23.3 Å². The van der Waals surface area contributed by atoms with Crippen molar-refractivity contribution in [1.29, 1.82) is 0 Å². The van der Waals surface area contributed by atoms with E-state index < -0.39 is 17.4 Å². The van der Waals surface area contributed by atoms with Crippen molar-refractivity contribution in [3.8, 4) is 0 Å². The third-order valence-electron chi connectivity index (χ3n) is 4.65. The topological polar surface area (TPSA) is 86.6 Å². The van der Waals surface area contributed by atoms with E-state index in [0.717, 1.165) is 28.9 Å². The van der Waals surface area contributed by atoms with E-state index in [1.165, 1.54) is 0 Å². The van der Waals surface area contributed by atoms with E-state index in [-0.39, 0.29) is 6.42 Å². The zero-order valence-corrected chi connectivity index (χ0v) is 13.2. The van der Waals surface area contributed by atoms with Crippen LogP contribution >= 0.6 is 0 Å². The first-order valence-electron chi connectivity index (χ1n) is 7.91. The number of carbonyl (C=O) groups is 2. The predicted octanol–water partition coefficient (Wildman–Crippen LogP) is 3.56. The molecule has 0 amide bonds. The van der Waals surface area contributed by atoms with Crippen molar-refractivity contribution in [2.45, 2.75) is 31.1 Å². The minimum absolute atomic E-state index is 0.00620. The molecule has 2 aromatic carbocycles. The van der Waals surface area contributed by atoms with E-state index in [1.807, 2.05) is 36.4 Å². The van der Waals surface area contributed by atoms with Gasteiger partial charge in [-0.1, -0.05) is 30.7 Å². The summed E-state index contributed by atoms with van der Waals surface area (Å²) in [6, 6.07) is 14.7. The van der Waals surface area contributed by atoms with Gasteiger partial charge in [-0.15, -0.1) is 0 Å². The van der Waals surface area contributed by atoms with Crippen LogP contribution in [-0.4, -0.2) is 22.2 Å². The highest BCUT2D eigenvalue weighted by Crippen LogP contribution is 2.44. The molecule has 3 rings (SSSR count). The zero-order chi connectivity index (χ0) is 17.2. The van der Waals surface area contributed by atoms with Gasteiger partial charge in [-0.05, 0) is 48.2 Å². The Bertz CT molecular complexity index is 746. The second kappa shape index (κ2) is 6.35. The third-order valence-corrected chi connectivity index (χ3v) is 4.65. The highest BCUT2D eigenvalue weighted by molar-refractivity contribution is 5.82. The molecule has 5 nitrogen and oxygen atoms in total. The molecule has 3 N–H and O–H groups in total. The predicted molar refractivity (Wildman–Crippen MR) is 90.7 cm³/mol. The van der Waals surface area contributed by atoms with Gasteiger partial charge in [0.15, 0.2) is 0 Å². The summed E-state index contributed by atoms with van der Waals surface area (Å²) in [5.41, 5.74) is 2.61. The van der Waals surface area contributed by atoms with Crippen LogP contribution in [0, 0.1) is 0 Å². The number of carboxylic acids is 2. The first kappa shape index (κ1) is 16.1. The quantitative estimate of drug-likeness (QED) is 0.756. The van der Waals surface area contributed by atoms with Crippen LogP contribution in [0.2, 0.25) is 0 Å². The molecule has 0 atom stereocenters.